The van der Waals surface area contributed by atoms with E-state index in [0.29, 0.717) is 18.1 Å². The first-order valence-electron chi connectivity index (χ1n) is 4.09. The van der Waals surface area contributed by atoms with Crippen LogP contribution in [-0.2, 0) is 24.2 Å². The second-order valence-corrected chi connectivity index (χ2v) is 4.46. The van der Waals surface area contributed by atoms with E-state index < -0.39 is 11.1 Å². The van der Waals surface area contributed by atoms with Crippen LogP contribution in [0.25, 0.3) is 0 Å². The molecular formula is C8H9ClN2O2S. The van der Waals surface area contributed by atoms with Gasteiger partial charge in [0.05, 0.1) is 5.69 Å². The van der Waals surface area contributed by atoms with Crippen LogP contribution in [0.1, 0.15) is 11.3 Å². The lowest BCUT2D eigenvalue weighted by Gasteiger charge is -2.10. The molecule has 0 aromatic carbocycles. The zero-order valence-corrected chi connectivity index (χ0v) is 8.88. The number of pyridine rings is 1. The van der Waals surface area contributed by atoms with Gasteiger partial charge in [-0.05, 0) is 6.07 Å². The number of halogens is 1. The smallest absolute Gasteiger partial charge is 0.167 e. The predicted molar refractivity (Wildman–Crippen MR) is 54.1 cm³/mol. The van der Waals surface area contributed by atoms with E-state index in [0.717, 1.165) is 11.3 Å². The highest BCUT2D eigenvalue weighted by Crippen LogP contribution is 2.26. The van der Waals surface area contributed by atoms with Gasteiger partial charge in [0.2, 0.25) is 0 Å². The molecule has 4 nitrogen and oxygen atoms in total. The van der Waals surface area contributed by atoms with Gasteiger partial charge in [-0.2, -0.15) is 0 Å². The van der Waals surface area contributed by atoms with Gasteiger partial charge in [-0.1, -0.05) is 11.6 Å². The van der Waals surface area contributed by atoms with Gasteiger partial charge >= 0.3 is 0 Å². The molecule has 1 aliphatic rings. The summed E-state index contributed by atoms with van der Waals surface area (Å²) in [5.41, 5.74) is 1.88. The number of fused-ring (bicyclic) bond motifs is 1. The van der Waals surface area contributed by atoms with Crippen molar-refractivity contribution in [3.05, 3.63) is 28.5 Å². The minimum Gasteiger partial charge on any atom is -0.305 e. The molecule has 0 saturated heterocycles. The largest absolute Gasteiger partial charge is 0.305 e. The van der Waals surface area contributed by atoms with Gasteiger partial charge in [-0.25, -0.2) is 4.21 Å². The molecule has 1 atom stereocenters. The van der Waals surface area contributed by atoms with E-state index in [4.69, 9.17) is 16.2 Å². The number of hydrogen-bond donors (Lipinski definition) is 1. The molecule has 0 bridgehead atoms. The SMILES string of the molecule is O=S(O)CN1Cc2nccc(Cl)c2C1. The average Bonchev–Trinajstić information content (AvgIpc) is 2.47. The van der Waals surface area contributed by atoms with Crippen molar-refractivity contribution in [2.45, 2.75) is 13.1 Å². The van der Waals surface area contributed by atoms with Crippen LogP contribution in [0, 0.1) is 0 Å². The molecule has 6 heteroatoms. The number of hydrogen-bond acceptors (Lipinski definition) is 3. The molecule has 1 aliphatic heterocycles. The third kappa shape index (κ3) is 1.95. The zero-order chi connectivity index (χ0) is 10.1. The fourth-order valence-corrected chi connectivity index (χ4v) is 2.27. The quantitative estimate of drug-likeness (QED) is 0.780. The molecule has 0 saturated carbocycles. The molecule has 2 rings (SSSR count). The van der Waals surface area contributed by atoms with Crippen molar-refractivity contribution in [1.82, 2.24) is 9.88 Å². The Kier molecular flexibility index (Phi) is 2.83. The minimum atomic E-state index is -1.80. The Balaban J connectivity index is 2.18. The summed E-state index contributed by atoms with van der Waals surface area (Å²) in [5, 5.41) is 0.682. The fourth-order valence-electron chi connectivity index (χ4n) is 1.55. The molecule has 0 fully saturated rings. The molecule has 76 valence electrons. The van der Waals surface area contributed by atoms with Crippen LogP contribution in [0.5, 0.6) is 0 Å². The van der Waals surface area contributed by atoms with Gasteiger partial charge in [0.15, 0.2) is 11.1 Å². The Hall–Kier alpha value is -0.490. The van der Waals surface area contributed by atoms with Crippen molar-refractivity contribution in [1.29, 1.82) is 0 Å². The first kappa shape index (κ1) is 10.0. The summed E-state index contributed by atoms with van der Waals surface area (Å²) in [6.07, 6.45) is 1.65. The summed E-state index contributed by atoms with van der Waals surface area (Å²) in [6.45, 7) is 1.20. The first-order valence-corrected chi connectivity index (χ1v) is 5.74. The Morgan fingerprint density at radius 3 is 3.07 bits per heavy atom. The van der Waals surface area contributed by atoms with Crippen LogP contribution in [0.15, 0.2) is 12.3 Å². The normalized spacial score (nSPS) is 18.1. The topological polar surface area (TPSA) is 53.4 Å². The Morgan fingerprint density at radius 2 is 2.43 bits per heavy atom. The van der Waals surface area contributed by atoms with Crippen molar-refractivity contribution in [3.63, 3.8) is 0 Å². The Morgan fingerprint density at radius 1 is 1.64 bits per heavy atom. The van der Waals surface area contributed by atoms with E-state index >= 15 is 0 Å². The molecule has 0 aliphatic carbocycles. The number of rotatable bonds is 2. The van der Waals surface area contributed by atoms with Crippen LogP contribution in [0.4, 0.5) is 0 Å². The van der Waals surface area contributed by atoms with Gasteiger partial charge in [0.1, 0.15) is 5.88 Å². The standard InChI is InChI=1S/C8H9ClN2O2S/c9-7-1-2-10-8-4-11(3-6(7)8)5-14(12)13/h1-2H,3-5H2,(H,12,13). The molecule has 1 unspecified atom stereocenters. The molecule has 0 radical (unpaired) electrons. The maximum atomic E-state index is 10.6. The lowest BCUT2D eigenvalue weighted by Crippen LogP contribution is -2.20. The third-order valence-electron chi connectivity index (χ3n) is 2.14. The maximum Gasteiger partial charge on any atom is 0.167 e. The van der Waals surface area contributed by atoms with E-state index in [9.17, 15) is 4.21 Å². The van der Waals surface area contributed by atoms with E-state index in [-0.39, 0.29) is 5.88 Å². The van der Waals surface area contributed by atoms with E-state index in [2.05, 4.69) is 4.98 Å². The second kappa shape index (κ2) is 3.94. The summed E-state index contributed by atoms with van der Waals surface area (Å²) in [5.74, 6) is 0.146. The van der Waals surface area contributed by atoms with Crippen LogP contribution in [-0.4, -0.2) is 24.5 Å². The molecule has 0 spiro atoms. The van der Waals surface area contributed by atoms with Crippen molar-refractivity contribution >= 4 is 22.7 Å². The van der Waals surface area contributed by atoms with Gasteiger partial charge in [-0.3, -0.25) is 9.88 Å². The van der Waals surface area contributed by atoms with Crippen molar-refractivity contribution in [3.8, 4) is 0 Å². The highest BCUT2D eigenvalue weighted by Gasteiger charge is 2.22. The second-order valence-electron chi connectivity index (χ2n) is 3.16. The molecular weight excluding hydrogens is 224 g/mol. The molecule has 1 aromatic rings. The molecule has 0 amide bonds. The lowest BCUT2D eigenvalue weighted by molar-refractivity contribution is 0.324. The zero-order valence-electron chi connectivity index (χ0n) is 7.31. The van der Waals surface area contributed by atoms with Crippen molar-refractivity contribution in [2.24, 2.45) is 0 Å². The van der Waals surface area contributed by atoms with E-state index in [1.165, 1.54) is 0 Å². The lowest BCUT2D eigenvalue weighted by atomic mass is 10.2. The van der Waals surface area contributed by atoms with Crippen molar-refractivity contribution in [2.75, 3.05) is 5.88 Å². The van der Waals surface area contributed by atoms with Gasteiger partial charge < -0.3 is 4.55 Å². The van der Waals surface area contributed by atoms with Gasteiger partial charge in [0, 0.05) is 29.9 Å². The third-order valence-corrected chi connectivity index (χ3v) is 3.08. The number of nitrogens with zero attached hydrogens (tertiary/aromatic N) is 2. The Labute approximate surface area is 89.2 Å². The average molecular weight is 233 g/mol. The summed E-state index contributed by atoms with van der Waals surface area (Å²) in [6, 6.07) is 1.74. The van der Waals surface area contributed by atoms with Crippen LogP contribution >= 0.6 is 11.6 Å². The highest BCUT2D eigenvalue weighted by molar-refractivity contribution is 7.79. The molecule has 2 heterocycles. The number of aromatic nitrogens is 1. The first-order chi connectivity index (χ1) is 6.66. The van der Waals surface area contributed by atoms with Crippen LogP contribution in [0.3, 0.4) is 0 Å². The van der Waals surface area contributed by atoms with Gasteiger partial charge in [-0.15, -0.1) is 0 Å². The summed E-state index contributed by atoms with van der Waals surface area (Å²) < 4.78 is 19.3. The summed E-state index contributed by atoms with van der Waals surface area (Å²) in [4.78, 5) is 6.02. The van der Waals surface area contributed by atoms with Crippen LogP contribution in [0.2, 0.25) is 5.02 Å². The molecule has 14 heavy (non-hydrogen) atoms. The molecule has 1 aromatic heterocycles. The molecule has 1 N–H and O–H groups in total. The van der Waals surface area contributed by atoms with Gasteiger partial charge in [0.25, 0.3) is 0 Å². The summed E-state index contributed by atoms with van der Waals surface area (Å²) in [7, 11) is 0. The fraction of sp³-hybridized carbons (Fsp3) is 0.375. The monoisotopic (exact) mass is 232 g/mol. The van der Waals surface area contributed by atoms with E-state index in [1.54, 1.807) is 12.3 Å². The van der Waals surface area contributed by atoms with Crippen LogP contribution < -0.4 is 0 Å². The maximum absolute atomic E-state index is 10.6. The minimum absolute atomic E-state index is 0.146. The Bertz CT molecular complexity index is 386. The van der Waals surface area contributed by atoms with E-state index in [1.807, 2.05) is 4.90 Å². The van der Waals surface area contributed by atoms with Crippen molar-refractivity contribution < 1.29 is 8.76 Å². The predicted octanol–water partition coefficient (Wildman–Crippen LogP) is 1.23. The summed E-state index contributed by atoms with van der Waals surface area (Å²) >= 11 is 4.17. The highest BCUT2D eigenvalue weighted by atomic mass is 35.5.